The number of anilines is 2. The van der Waals surface area contributed by atoms with E-state index in [9.17, 15) is 9.18 Å². The second kappa shape index (κ2) is 6.49. The predicted molar refractivity (Wildman–Crippen MR) is 98.8 cm³/mol. The lowest BCUT2D eigenvalue weighted by Gasteiger charge is -2.06. The molecule has 3 N–H and O–H groups in total. The molecule has 4 rings (SSSR count). The van der Waals surface area contributed by atoms with Crippen LogP contribution >= 0.6 is 11.3 Å². The van der Waals surface area contributed by atoms with Gasteiger partial charge in [0, 0.05) is 16.5 Å². The number of carbonyl (C=O) groups is 1. The van der Waals surface area contributed by atoms with Crippen LogP contribution in [0.4, 0.5) is 15.9 Å². The summed E-state index contributed by atoms with van der Waals surface area (Å²) < 4.78 is 13.8. The van der Waals surface area contributed by atoms with Gasteiger partial charge >= 0.3 is 0 Å². The second-order valence-corrected chi connectivity index (χ2v) is 6.54. The van der Waals surface area contributed by atoms with Gasteiger partial charge in [-0.25, -0.2) is 4.39 Å². The third kappa shape index (κ3) is 2.98. The van der Waals surface area contributed by atoms with Gasteiger partial charge in [0.15, 0.2) is 11.5 Å². The number of fused-ring (bicyclic) bond motifs is 1. The molecule has 26 heavy (non-hydrogen) atoms. The molecule has 8 heteroatoms. The Balaban J connectivity index is 1.87. The topological polar surface area (TPSA) is 93.8 Å². The number of pyridine rings is 1. The van der Waals surface area contributed by atoms with Crippen LogP contribution in [0.1, 0.15) is 10.5 Å². The Bertz CT molecular complexity index is 1100. The van der Waals surface area contributed by atoms with Crippen molar-refractivity contribution in [3.8, 4) is 10.4 Å². The molecule has 3 aromatic heterocycles. The molecule has 0 fully saturated rings. The van der Waals surface area contributed by atoms with Gasteiger partial charge in [0.2, 0.25) is 0 Å². The van der Waals surface area contributed by atoms with E-state index in [-0.39, 0.29) is 11.5 Å². The summed E-state index contributed by atoms with van der Waals surface area (Å²) in [5, 5.41) is 11.9. The van der Waals surface area contributed by atoms with Crippen LogP contribution in [0.2, 0.25) is 0 Å². The van der Waals surface area contributed by atoms with Crippen LogP contribution in [-0.2, 0) is 0 Å². The standard InChI is InChI=1S/C18H12FN5OS/c19-11-5-3-10(4-6-11)14-8-13-16(26-14)15(17(20)25)23-24-18(13)22-12-2-1-7-21-9-12/h1-9H,(H2,20,25)(H,22,24). The number of benzene rings is 1. The molecule has 0 aliphatic heterocycles. The minimum absolute atomic E-state index is 0.107. The highest BCUT2D eigenvalue weighted by molar-refractivity contribution is 7.22. The molecule has 0 saturated carbocycles. The van der Waals surface area contributed by atoms with Crippen molar-refractivity contribution < 1.29 is 9.18 Å². The smallest absolute Gasteiger partial charge is 0.270 e. The Labute approximate surface area is 151 Å². The van der Waals surface area contributed by atoms with E-state index >= 15 is 0 Å². The van der Waals surface area contributed by atoms with Crippen molar-refractivity contribution in [3.63, 3.8) is 0 Å². The highest BCUT2D eigenvalue weighted by Gasteiger charge is 2.18. The van der Waals surface area contributed by atoms with Gasteiger partial charge in [0.25, 0.3) is 5.91 Å². The zero-order chi connectivity index (χ0) is 18.1. The van der Waals surface area contributed by atoms with Crippen molar-refractivity contribution in [3.05, 3.63) is 66.4 Å². The largest absolute Gasteiger partial charge is 0.364 e. The van der Waals surface area contributed by atoms with Gasteiger partial charge < -0.3 is 11.1 Å². The molecule has 0 aliphatic carbocycles. The zero-order valence-corrected chi connectivity index (χ0v) is 14.1. The Morgan fingerprint density at radius 1 is 1.15 bits per heavy atom. The van der Waals surface area contributed by atoms with Gasteiger partial charge in [-0.3, -0.25) is 9.78 Å². The van der Waals surface area contributed by atoms with Gasteiger partial charge in [-0.1, -0.05) is 12.1 Å². The van der Waals surface area contributed by atoms with Gasteiger partial charge in [-0.2, -0.15) is 0 Å². The number of hydrogen-bond donors (Lipinski definition) is 2. The van der Waals surface area contributed by atoms with Crippen LogP contribution in [0.3, 0.4) is 0 Å². The van der Waals surface area contributed by atoms with E-state index < -0.39 is 5.91 Å². The molecule has 0 aliphatic rings. The Morgan fingerprint density at radius 2 is 1.96 bits per heavy atom. The molecule has 128 valence electrons. The molecule has 0 spiro atoms. The minimum atomic E-state index is -0.650. The summed E-state index contributed by atoms with van der Waals surface area (Å²) in [5.41, 5.74) is 7.11. The number of carbonyl (C=O) groups excluding carboxylic acids is 1. The van der Waals surface area contributed by atoms with Crippen molar-refractivity contribution >= 4 is 38.8 Å². The van der Waals surface area contributed by atoms with Crippen molar-refractivity contribution in [2.45, 2.75) is 0 Å². The van der Waals surface area contributed by atoms with E-state index in [1.54, 1.807) is 30.6 Å². The number of nitrogens with two attached hydrogens (primary N) is 1. The molecule has 1 amide bonds. The summed E-state index contributed by atoms with van der Waals surface area (Å²) in [5.74, 6) is -0.472. The number of hydrogen-bond acceptors (Lipinski definition) is 6. The number of aromatic nitrogens is 3. The molecule has 0 atom stereocenters. The lowest BCUT2D eigenvalue weighted by molar-refractivity contribution is 0.0996. The SMILES string of the molecule is NC(=O)c1nnc(Nc2cccnc2)c2cc(-c3ccc(F)cc3)sc12. The first kappa shape index (κ1) is 16.1. The maximum absolute atomic E-state index is 13.2. The van der Waals surface area contributed by atoms with Crippen LogP contribution in [0.25, 0.3) is 20.5 Å². The fraction of sp³-hybridized carbons (Fsp3) is 0. The van der Waals surface area contributed by atoms with Crippen molar-refractivity contribution in [1.82, 2.24) is 15.2 Å². The molecule has 0 unspecified atom stereocenters. The molecule has 0 radical (unpaired) electrons. The zero-order valence-electron chi connectivity index (χ0n) is 13.3. The molecule has 6 nitrogen and oxygen atoms in total. The van der Waals surface area contributed by atoms with E-state index in [0.717, 1.165) is 16.1 Å². The van der Waals surface area contributed by atoms with E-state index in [0.29, 0.717) is 15.9 Å². The van der Waals surface area contributed by atoms with Crippen LogP contribution in [0.15, 0.2) is 54.9 Å². The number of thiophene rings is 1. The number of nitrogens with one attached hydrogen (secondary N) is 1. The Morgan fingerprint density at radius 3 is 2.65 bits per heavy atom. The number of amides is 1. The van der Waals surface area contributed by atoms with E-state index in [1.807, 2.05) is 12.1 Å². The summed E-state index contributed by atoms with van der Waals surface area (Å²) >= 11 is 1.35. The van der Waals surface area contributed by atoms with E-state index in [1.165, 1.54) is 23.5 Å². The molecular formula is C18H12FN5OS. The lowest BCUT2D eigenvalue weighted by atomic mass is 10.1. The number of halogens is 1. The van der Waals surface area contributed by atoms with Gasteiger partial charge in [0.05, 0.1) is 16.6 Å². The van der Waals surface area contributed by atoms with Gasteiger partial charge in [-0.15, -0.1) is 21.5 Å². The second-order valence-electron chi connectivity index (χ2n) is 5.49. The maximum atomic E-state index is 13.2. The first-order valence-electron chi connectivity index (χ1n) is 7.65. The fourth-order valence-corrected chi connectivity index (χ4v) is 3.68. The quantitative estimate of drug-likeness (QED) is 0.575. The first-order valence-corrected chi connectivity index (χ1v) is 8.46. The van der Waals surface area contributed by atoms with Crippen molar-refractivity contribution in [1.29, 1.82) is 0 Å². The van der Waals surface area contributed by atoms with Gasteiger partial charge in [-0.05, 0) is 35.9 Å². The van der Waals surface area contributed by atoms with E-state index in [2.05, 4.69) is 20.5 Å². The van der Waals surface area contributed by atoms with Crippen LogP contribution in [-0.4, -0.2) is 21.1 Å². The molecule has 0 saturated heterocycles. The van der Waals surface area contributed by atoms with Crippen LogP contribution in [0, 0.1) is 5.82 Å². The molecular weight excluding hydrogens is 353 g/mol. The normalized spacial score (nSPS) is 10.8. The first-order chi connectivity index (χ1) is 12.6. The number of nitrogens with zero attached hydrogens (tertiary/aromatic N) is 3. The van der Waals surface area contributed by atoms with E-state index in [4.69, 9.17) is 5.73 Å². The highest BCUT2D eigenvalue weighted by atomic mass is 32.1. The Kier molecular flexibility index (Phi) is 4.02. The van der Waals surface area contributed by atoms with Crippen molar-refractivity contribution in [2.75, 3.05) is 5.32 Å². The number of rotatable bonds is 4. The summed E-state index contributed by atoms with van der Waals surface area (Å²) in [7, 11) is 0. The molecule has 4 aromatic rings. The minimum Gasteiger partial charge on any atom is -0.364 e. The Hall–Kier alpha value is -3.39. The summed E-state index contributed by atoms with van der Waals surface area (Å²) in [6.45, 7) is 0. The molecule has 1 aromatic carbocycles. The molecule has 0 bridgehead atoms. The van der Waals surface area contributed by atoms with Crippen molar-refractivity contribution in [2.24, 2.45) is 5.73 Å². The highest BCUT2D eigenvalue weighted by Crippen LogP contribution is 2.38. The van der Waals surface area contributed by atoms with Crippen LogP contribution < -0.4 is 11.1 Å². The predicted octanol–water partition coefficient (Wildman–Crippen LogP) is 3.73. The lowest BCUT2D eigenvalue weighted by Crippen LogP contribution is -2.14. The average Bonchev–Trinajstić information content (AvgIpc) is 3.09. The third-order valence-electron chi connectivity index (χ3n) is 3.74. The summed E-state index contributed by atoms with van der Waals surface area (Å²) in [6, 6.07) is 11.7. The average molecular weight is 365 g/mol. The van der Waals surface area contributed by atoms with Crippen LogP contribution in [0.5, 0.6) is 0 Å². The maximum Gasteiger partial charge on any atom is 0.270 e. The monoisotopic (exact) mass is 365 g/mol. The number of primary amides is 1. The van der Waals surface area contributed by atoms with Gasteiger partial charge in [0.1, 0.15) is 5.82 Å². The fourth-order valence-electron chi connectivity index (χ4n) is 2.53. The molecule has 3 heterocycles. The summed E-state index contributed by atoms with van der Waals surface area (Å²) in [4.78, 5) is 16.6. The third-order valence-corrected chi connectivity index (χ3v) is 4.93. The summed E-state index contributed by atoms with van der Waals surface area (Å²) in [6.07, 6.45) is 3.32.